The second kappa shape index (κ2) is 6.49. The van der Waals surface area contributed by atoms with Gasteiger partial charge in [-0.25, -0.2) is 0 Å². The second-order valence-electron chi connectivity index (χ2n) is 5.73. The number of imide groups is 1. The molecule has 0 aromatic heterocycles. The predicted molar refractivity (Wildman–Crippen MR) is 92.6 cm³/mol. The van der Waals surface area contributed by atoms with Gasteiger partial charge in [-0.05, 0) is 36.6 Å². The molecule has 0 unspecified atom stereocenters. The lowest BCUT2D eigenvalue weighted by atomic mass is 10.0. The zero-order valence-corrected chi connectivity index (χ0v) is 13.9. The molecule has 0 saturated carbocycles. The first-order valence-corrected chi connectivity index (χ1v) is 7.96. The highest BCUT2D eigenvalue weighted by Gasteiger charge is 2.38. The van der Waals surface area contributed by atoms with Crippen molar-refractivity contribution in [3.63, 3.8) is 0 Å². The second-order valence-corrected chi connectivity index (χ2v) is 6.16. The Kier molecular flexibility index (Phi) is 4.40. The van der Waals surface area contributed by atoms with E-state index in [1.807, 2.05) is 31.2 Å². The van der Waals surface area contributed by atoms with Crippen LogP contribution in [-0.4, -0.2) is 28.4 Å². The van der Waals surface area contributed by atoms with Crippen molar-refractivity contribution >= 4 is 29.0 Å². The fourth-order valence-electron chi connectivity index (χ4n) is 2.64. The van der Waals surface area contributed by atoms with Gasteiger partial charge in [-0.1, -0.05) is 53.6 Å². The third-order valence-corrected chi connectivity index (χ3v) is 4.27. The molecule has 0 aliphatic carbocycles. The monoisotopic (exact) mass is 341 g/mol. The van der Waals surface area contributed by atoms with Crippen LogP contribution in [-0.2, 0) is 16.0 Å². The first-order chi connectivity index (χ1) is 11.5. The molecule has 1 aliphatic rings. The van der Waals surface area contributed by atoms with Crippen LogP contribution in [0.15, 0.2) is 54.3 Å². The van der Waals surface area contributed by atoms with Crippen molar-refractivity contribution in [2.24, 2.45) is 0 Å². The van der Waals surface area contributed by atoms with Gasteiger partial charge in [0.2, 0.25) is 0 Å². The van der Waals surface area contributed by atoms with Gasteiger partial charge in [-0.3, -0.25) is 14.5 Å². The van der Waals surface area contributed by atoms with Crippen molar-refractivity contribution < 1.29 is 14.7 Å². The number of aryl methyl sites for hydroxylation is 1. The van der Waals surface area contributed by atoms with Gasteiger partial charge in [0, 0.05) is 11.6 Å². The molecule has 122 valence electrons. The normalized spacial score (nSPS) is 14.7. The minimum atomic E-state index is -0.649. The zero-order valence-electron chi connectivity index (χ0n) is 13.1. The predicted octanol–water partition coefficient (Wildman–Crippen LogP) is 3.53. The molecule has 2 aromatic rings. The van der Waals surface area contributed by atoms with Crippen molar-refractivity contribution in [3.8, 4) is 0 Å². The number of halogens is 1. The van der Waals surface area contributed by atoms with Gasteiger partial charge in [0.25, 0.3) is 11.8 Å². The van der Waals surface area contributed by atoms with E-state index in [1.54, 1.807) is 24.3 Å². The summed E-state index contributed by atoms with van der Waals surface area (Å²) in [5.74, 6) is -1.60. The van der Waals surface area contributed by atoms with Crippen LogP contribution < -0.4 is 0 Å². The Morgan fingerprint density at radius 1 is 0.958 bits per heavy atom. The Hall–Kier alpha value is -2.59. The number of amides is 2. The van der Waals surface area contributed by atoms with Crippen LogP contribution in [0.3, 0.4) is 0 Å². The maximum atomic E-state index is 12.6. The molecule has 0 radical (unpaired) electrons. The molecule has 3 rings (SSSR count). The van der Waals surface area contributed by atoms with Gasteiger partial charge in [-0.2, -0.15) is 0 Å². The van der Waals surface area contributed by atoms with Gasteiger partial charge in [0.15, 0.2) is 5.76 Å². The summed E-state index contributed by atoms with van der Waals surface area (Å²) < 4.78 is 0. The number of hydrogen-bond donors (Lipinski definition) is 1. The van der Waals surface area contributed by atoms with E-state index in [2.05, 4.69) is 0 Å². The van der Waals surface area contributed by atoms with Crippen LogP contribution in [0.5, 0.6) is 0 Å². The minimum absolute atomic E-state index is 0.0658. The maximum absolute atomic E-state index is 12.6. The van der Waals surface area contributed by atoms with E-state index in [1.165, 1.54) is 0 Å². The SMILES string of the molecule is Cc1ccc(C2=C(O)C(=O)N(CCc3ccc(Cl)cc3)C2=O)cc1. The number of nitrogens with zero attached hydrogens (tertiary/aromatic N) is 1. The largest absolute Gasteiger partial charge is 0.502 e. The Labute approximate surface area is 145 Å². The van der Waals surface area contributed by atoms with Gasteiger partial charge in [-0.15, -0.1) is 0 Å². The maximum Gasteiger partial charge on any atom is 0.296 e. The highest BCUT2D eigenvalue weighted by Crippen LogP contribution is 2.28. The summed E-state index contributed by atoms with van der Waals surface area (Å²) >= 11 is 5.84. The molecule has 1 N–H and O–H groups in total. The van der Waals surface area contributed by atoms with Gasteiger partial charge in [0.05, 0.1) is 5.57 Å². The molecule has 5 heteroatoms. The smallest absolute Gasteiger partial charge is 0.296 e. The molecule has 24 heavy (non-hydrogen) atoms. The van der Waals surface area contributed by atoms with Crippen molar-refractivity contribution in [1.82, 2.24) is 4.90 Å². The standard InChI is InChI=1S/C19H16ClNO3/c1-12-2-6-14(7-3-12)16-17(22)19(24)21(18(16)23)11-10-13-4-8-15(20)9-5-13/h2-9,22H,10-11H2,1H3. The van der Waals surface area contributed by atoms with E-state index in [-0.39, 0.29) is 12.1 Å². The molecule has 1 heterocycles. The van der Waals surface area contributed by atoms with Gasteiger partial charge in [0.1, 0.15) is 0 Å². The van der Waals surface area contributed by atoms with Crippen LogP contribution in [0.1, 0.15) is 16.7 Å². The molecule has 1 aliphatic heterocycles. The number of aliphatic hydroxyl groups excluding tert-OH is 1. The highest BCUT2D eigenvalue weighted by molar-refractivity contribution is 6.34. The summed E-state index contributed by atoms with van der Waals surface area (Å²) in [6, 6.07) is 14.4. The molecule has 0 saturated heterocycles. The number of carbonyl (C=O) groups excluding carboxylic acids is 2. The van der Waals surface area contributed by atoms with E-state index in [9.17, 15) is 14.7 Å². The van der Waals surface area contributed by atoms with Crippen LogP contribution in [0.25, 0.3) is 5.57 Å². The Morgan fingerprint density at radius 2 is 1.58 bits per heavy atom. The molecule has 0 bridgehead atoms. The minimum Gasteiger partial charge on any atom is -0.502 e. The molecule has 0 fully saturated rings. The van der Waals surface area contributed by atoms with E-state index < -0.39 is 17.6 Å². The van der Waals surface area contributed by atoms with Crippen molar-refractivity contribution in [2.75, 3.05) is 6.54 Å². The number of aliphatic hydroxyl groups is 1. The summed E-state index contributed by atoms with van der Waals surface area (Å²) in [5, 5.41) is 10.7. The van der Waals surface area contributed by atoms with Gasteiger partial charge >= 0.3 is 0 Å². The quantitative estimate of drug-likeness (QED) is 0.865. The third-order valence-electron chi connectivity index (χ3n) is 4.02. The number of benzene rings is 2. The van der Waals surface area contributed by atoms with Crippen molar-refractivity contribution in [3.05, 3.63) is 76.0 Å². The molecule has 2 aromatic carbocycles. The summed E-state index contributed by atoms with van der Waals surface area (Å²) in [6.45, 7) is 2.14. The number of carbonyl (C=O) groups is 2. The Morgan fingerprint density at radius 3 is 2.21 bits per heavy atom. The first-order valence-electron chi connectivity index (χ1n) is 7.58. The first kappa shape index (κ1) is 16.3. The average Bonchev–Trinajstić information content (AvgIpc) is 2.78. The fraction of sp³-hybridized carbons (Fsp3) is 0.158. The summed E-state index contributed by atoms with van der Waals surface area (Å²) in [5.41, 5.74) is 2.61. The van der Waals surface area contributed by atoms with E-state index in [4.69, 9.17) is 11.6 Å². The van der Waals surface area contributed by atoms with Crippen LogP contribution in [0.2, 0.25) is 5.02 Å². The highest BCUT2D eigenvalue weighted by atomic mass is 35.5. The third kappa shape index (κ3) is 3.05. The molecular weight excluding hydrogens is 326 g/mol. The lowest BCUT2D eigenvalue weighted by Gasteiger charge is -2.14. The summed E-state index contributed by atoms with van der Waals surface area (Å²) in [6.07, 6.45) is 0.503. The molecule has 0 spiro atoms. The van der Waals surface area contributed by atoms with Crippen molar-refractivity contribution in [2.45, 2.75) is 13.3 Å². The lowest BCUT2D eigenvalue weighted by Crippen LogP contribution is -2.33. The fourth-order valence-corrected chi connectivity index (χ4v) is 2.76. The Balaban J connectivity index is 1.78. The topological polar surface area (TPSA) is 57.6 Å². The van der Waals surface area contributed by atoms with Gasteiger partial charge < -0.3 is 5.11 Å². The van der Waals surface area contributed by atoms with E-state index in [0.717, 1.165) is 16.0 Å². The molecule has 4 nitrogen and oxygen atoms in total. The average molecular weight is 342 g/mol. The lowest BCUT2D eigenvalue weighted by molar-refractivity contribution is -0.138. The van der Waals surface area contributed by atoms with Crippen LogP contribution in [0.4, 0.5) is 0 Å². The number of hydrogen-bond acceptors (Lipinski definition) is 3. The zero-order chi connectivity index (χ0) is 17.3. The molecular formula is C19H16ClNO3. The molecule has 2 amide bonds. The van der Waals surface area contributed by atoms with E-state index >= 15 is 0 Å². The molecule has 0 atom stereocenters. The van der Waals surface area contributed by atoms with Crippen LogP contribution >= 0.6 is 11.6 Å². The Bertz CT molecular complexity index is 823. The van der Waals surface area contributed by atoms with Crippen LogP contribution in [0, 0.1) is 6.92 Å². The number of rotatable bonds is 4. The summed E-state index contributed by atoms with van der Waals surface area (Å²) in [7, 11) is 0. The van der Waals surface area contributed by atoms with E-state index in [0.29, 0.717) is 17.0 Å². The van der Waals surface area contributed by atoms with Crippen molar-refractivity contribution in [1.29, 1.82) is 0 Å². The summed E-state index contributed by atoms with van der Waals surface area (Å²) in [4.78, 5) is 25.9.